The maximum Gasteiger partial charge on any atom is 0.312 e. The van der Waals surface area contributed by atoms with Gasteiger partial charge in [0.25, 0.3) is 0 Å². The zero-order chi connectivity index (χ0) is 10.8. The first-order valence-electron chi connectivity index (χ1n) is 4.79. The van der Waals surface area contributed by atoms with Gasteiger partial charge in [0.2, 0.25) is 0 Å². The number of carbonyl (C=O) groups is 1. The SMILES string of the molecule is COC(C[SiH2]CCCNC(N)=O)OC. The minimum Gasteiger partial charge on any atom is -0.356 e. The minimum absolute atomic E-state index is 0.0502. The Labute approximate surface area is 87.1 Å². The predicted molar refractivity (Wildman–Crippen MR) is 58.2 cm³/mol. The van der Waals surface area contributed by atoms with Crippen LogP contribution in [-0.4, -0.2) is 42.6 Å². The molecule has 84 valence electrons. The summed E-state index contributed by atoms with van der Waals surface area (Å²) in [7, 11) is 3.15. The number of amides is 2. The summed E-state index contributed by atoms with van der Waals surface area (Å²) < 4.78 is 10.1. The highest BCUT2D eigenvalue weighted by atomic mass is 28.2. The van der Waals surface area contributed by atoms with Crippen LogP contribution in [-0.2, 0) is 9.47 Å². The Morgan fingerprint density at radius 3 is 2.64 bits per heavy atom. The van der Waals surface area contributed by atoms with Gasteiger partial charge in [-0.3, -0.25) is 0 Å². The van der Waals surface area contributed by atoms with Crippen LogP contribution in [0, 0.1) is 0 Å². The van der Waals surface area contributed by atoms with Crippen LogP contribution in [0.15, 0.2) is 0 Å². The van der Waals surface area contributed by atoms with E-state index >= 15 is 0 Å². The van der Waals surface area contributed by atoms with Gasteiger partial charge in [0.05, 0.1) is 0 Å². The lowest BCUT2D eigenvalue weighted by atomic mass is 10.5. The molecule has 0 aromatic carbocycles. The van der Waals surface area contributed by atoms with Crippen LogP contribution in [0.1, 0.15) is 6.42 Å². The van der Waals surface area contributed by atoms with Gasteiger partial charge in [0.1, 0.15) is 0 Å². The summed E-state index contributed by atoms with van der Waals surface area (Å²) in [6.45, 7) is 0.674. The number of methoxy groups -OCH3 is 2. The molecule has 0 atom stereocenters. The van der Waals surface area contributed by atoms with Gasteiger partial charge in [-0.15, -0.1) is 0 Å². The van der Waals surface area contributed by atoms with Crippen LogP contribution in [0.25, 0.3) is 0 Å². The van der Waals surface area contributed by atoms with Gasteiger partial charge < -0.3 is 20.5 Å². The lowest BCUT2D eigenvalue weighted by molar-refractivity contribution is -0.0876. The van der Waals surface area contributed by atoms with Crippen molar-refractivity contribution in [1.82, 2.24) is 5.32 Å². The number of rotatable bonds is 8. The monoisotopic (exact) mass is 220 g/mol. The number of hydrogen-bond donors (Lipinski definition) is 2. The van der Waals surface area contributed by atoms with Crippen LogP contribution in [0.3, 0.4) is 0 Å². The van der Waals surface area contributed by atoms with Crippen molar-refractivity contribution in [3.63, 3.8) is 0 Å². The third-order valence-electron chi connectivity index (χ3n) is 1.94. The number of primary amides is 1. The van der Waals surface area contributed by atoms with Crippen LogP contribution in [0.4, 0.5) is 4.79 Å². The van der Waals surface area contributed by atoms with Crippen LogP contribution in [0.5, 0.6) is 0 Å². The fourth-order valence-corrected chi connectivity index (χ4v) is 2.85. The first-order chi connectivity index (χ1) is 6.70. The number of nitrogens with one attached hydrogen (secondary N) is 1. The van der Waals surface area contributed by atoms with Gasteiger partial charge in [-0.1, -0.05) is 6.04 Å². The molecule has 0 aromatic heterocycles. The Balaban J connectivity index is 3.16. The first-order valence-corrected chi connectivity index (χ1v) is 6.79. The second kappa shape index (κ2) is 8.98. The molecule has 0 aromatic rings. The van der Waals surface area contributed by atoms with Crippen LogP contribution >= 0.6 is 0 Å². The van der Waals surface area contributed by atoms with Crippen molar-refractivity contribution < 1.29 is 14.3 Å². The lowest BCUT2D eigenvalue weighted by Crippen LogP contribution is -2.30. The molecule has 0 heterocycles. The van der Waals surface area contributed by atoms with Gasteiger partial charge in [-0.05, 0) is 12.5 Å². The fraction of sp³-hybridized carbons (Fsp3) is 0.875. The number of urea groups is 1. The quantitative estimate of drug-likeness (QED) is 0.334. The third kappa shape index (κ3) is 8.03. The Morgan fingerprint density at radius 2 is 2.14 bits per heavy atom. The van der Waals surface area contributed by atoms with E-state index in [-0.39, 0.29) is 15.8 Å². The molecule has 0 saturated heterocycles. The minimum atomic E-state index is -0.446. The van der Waals surface area contributed by atoms with E-state index in [1.54, 1.807) is 14.2 Å². The van der Waals surface area contributed by atoms with Crippen molar-refractivity contribution >= 4 is 15.6 Å². The zero-order valence-electron chi connectivity index (χ0n) is 8.91. The average Bonchev–Trinajstić information content (AvgIpc) is 2.16. The lowest BCUT2D eigenvalue weighted by Gasteiger charge is -2.12. The fourth-order valence-electron chi connectivity index (χ4n) is 1.16. The highest BCUT2D eigenvalue weighted by Crippen LogP contribution is 2.00. The molecule has 0 aliphatic rings. The highest BCUT2D eigenvalue weighted by molar-refractivity contribution is 6.35. The van der Waals surface area contributed by atoms with Crippen molar-refractivity contribution in [3.8, 4) is 0 Å². The number of ether oxygens (including phenoxy) is 2. The molecular weight excluding hydrogens is 200 g/mol. The molecule has 0 fully saturated rings. The van der Waals surface area contributed by atoms with Gasteiger partial charge >= 0.3 is 6.03 Å². The van der Waals surface area contributed by atoms with Crippen molar-refractivity contribution in [2.45, 2.75) is 24.8 Å². The van der Waals surface area contributed by atoms with E-state index in [0.717, 1.165) is 12.5 Å². The Hall–Kier alpha value is -0.593. The second-order valence-electron chi connectivity index (χ2n) is 3.04. The Morgan fingerprint density at radius 1 is 1.50 bits per heavy atom. The normalized spacial score (nSPS) is 11.4. The van der Waals surface area contributed by atoms with Gasteiger partial charge in [-0.2, -0.15) is 0 Å². The number of carbonyl (C=O) groups excluding carboxylic acids is 1. The van der Waals surface area contributed by atoms with E-state index < -0.39 is 6.03 Å². The standard InChI is InChI=1S/C8H20N2O3Si/c1-12-7(13-2)6-14-5-3-4-10-8(9)11/h7H,3-6,14H2,1-2H3,(H3,9,10,11). The molecule has 0 radical (unpaired) electrons. The first kappa shape index (κ1) is 13.4. The van der Waals surface area contributed by atoms with Gasteiger partial charge in [-0.25, -0.2) is 4.79 Å². The summed E-state index contributed by atoms with van der Waals surface area (Å²) in [6.07, 6.45) is 0.945. The van der Waals surface area contributed by atoms with E-state index in [1.165, 1.54) is 6.04 Å². The summed E-state index contributed by atoms with van der Waals surface area (Å²) in [5.74, 6) is 0. The molecule has 0 bridgehead atoms. The highest BCUT2D eigenvalue weighted by Gasteiger charge is 2.03. The van der Waals surface area contributed by atoms with E-state index in [4.69, 9.17) is 15.2 Å². The largest absolute Gasteiger partial charge is 0.356 e. The Bertz CT molecular complexity index is 154. The molecular formula is C8H20N2O3Si. The van der Waals surface area contributed by atoms with Crippen molar-refractivity contribution in [1.29, 1.82) is 0 Å². The summed E-state index contributed by atoms with van der Waals surface area (Å²) in [5.41, 5.74) is 4.92. The molecule has 0 aliphatic heterocycles. The summed E-state index contributed by atoms with van der Waals surface area (Å²) in [6, 6.07) is 1.74. The molecule has 0 saturated carbocycles. The molecule has 5 nitrogen and oxygen atoms in total. The van der Waals surface area contributed by atoms with E-state index in [1.807, 2.05) is 0 Å². The van der Waals surface area contributed by atoms with Crippen molar-refractivity contribution in [2.75, 3.05) is 20.8 Å². The van der Waals surface area contributed by atoms with Crippen molar-refractivity contribution in [3.05, 3.63) is 0 Å². The van der Waals surface area contributed by atoms with Gasteiger partial charge in [0.15, 0.2) is 6.29 Å². The van der Waals surface area contributed by atoms with E-state index in [0.29, 0.717) is 6.54 Å². The summed E-state index contributed by atoms with van der Waals surface area (Å²) >= 11 is 0. The third-order valence-corrected chi connectivity index (χ3v) is 3.82. The number of nitrogens with two attached hydrogens (primary N) is 1. The predicted octanol–water partition coefficient (Wildman–Crippen LogP) is -0.331. The molecule has 6 heteroatoms. The van der Waals surface area contributed by atoms with Crippen LogP contribution in [0.2, 0.25) is 12.1 Å². The van der Waals surface area contributed by atoms with E-state index in [2.05, 4.69) is 5.32 Å². The smallest absolute Gasteiger partial charge is 0.312 e. The molecule has 2 amide bonds. The number of hydrogen-bond acceptors (Lipinski definition) is 3. The second-order valence-corrected chi connectivity index (χ2v) is 5.03. The topological polar surface area (TPSA) is 73.6 Å². The van der Waals surface area contributed by atoms with Gasteiger partial charge in [0, 0.05) is 30.3 Å². The average molecular weight is 220 g/mol. The Kier molecular flexibility index (Phi) is 8.60. The molecule has 0 aliphatic carbocycles. The molecule has 0 unspecified atom stereocenters. The van der Waals surface area contributed by atoms with Crippen molar-refractivity contribution in [2.24, 2.45) is 5.73 Å². The van der Waals surface area contributed by atoms with Crippen LogP contribution < -0.4 is 11.1 Å². The van der Waals surface area contributed by atoms with E-state index in [9.17, 15) is 4.79 Å². The maximum absolute atomic E-state index is 10.3. The maximum atomic E-state index is 10.3. The molecule has 14 heavy (non-hydrogen) atoms. The molecule has 0 spiro atoms. The summed E-state index contributed by atoms with van der Waals surface area (Å²) in [5, 5.41) is 2.56. The summed E-state index contributed by atoms with van der Waals surface area (Å²) in [4.78, 5) is 10.3. The zero-order valence-corrected chi connectivity index (χ0v) is 10.3. The molecule has 3 N–H and O–H groups in total. The molecule has 0 rings (SSSR count).